The van der Waals surface area contributed by atoms with Crippen molar-refractivity contribution in [1.29, 1.82) is 0 Å². The molecule has 6 nitrogen and oxygen atoms in total. The van der Waals surface area contributed by atoms with Crippen molar-refractivity contribution in [2.24, 2.45) is 0 Å². The minimum Gasteiger partial charge on any atom is -0.493 e. The molecule has 0 unspecified atom stereocenters. The lowest BCUT2D eigenvalue weighted by Gasteiger charge is -2.15. The second-order valence-corrected chi connectivity index (χ2v) is 4.08. The summed E-state index contributed by atoms with van der Waals surface area (Å²) < 4.78 is 6.98. The highest BCUT2D eigenvalue weighted by molar-refractivity contribution is 5.35. The van der Waals surface area contributed by atoms with E-state index in [0.717, 1.165) is 0 Å². The number of para-hydroxylation sites is 1. The zero-order valence-electron chi connectivity index (χ0n) is 10.7. The predicted octanol–water partition coefficient (Wildman–Crippen LogP) is 0.903. The fourth-order valence-electron chi connectivity index (χ4n) is 1.82. The van der Waals surface area contributed by atoms with Gasteiger partial charge in [0.15, 0.2) is 0 Å². The van der Waals surface area contributed by atoms with Crippen LogP contribution in [0.1, 0.15) is 24.3 Å². The van der Waals surface area contributed by atoms with Crippen molar-refractivity contribution in [3.05, 3.63) is 41.7 Å². The normalized spacial score (nSPS) is 12.4. The van der Waals surface area contributed by atoms with Crippen LogP contribution in [0, 0.1) is 0 Å². The summed E-state index contributed by atoms with van der Waals surface area (Å²) in [7, 11) is 0. The Labute approximate surface area is 111 Å². The van der Waals surface area contributed by atoms with Crippen molar-refractivity contribution in [2.75, 3.05) is 6.61 Å². The molecular formula is C13H17N3O3. The SMILES string of the molecule is CCOc1ccccc1[C@@H](O)Cn1cc(CO)nn1. The van der Waals surface area contributed by atoms with E-state index in [-0.39, 0.29) is 13.2 Å². The van der Waals surface area contributed by atoms with Gasteiger partial charge in [0.1, 0.15) is 17.5 Å². The lowest BCUT2D eigenvalue weighted by Crippen LogP contribution is -2.11. The van der Waals surface area contributed by atoms with Gasteiger partial charge in [-0.25, -0.2) is 4.68 Å². The van der Waals surface area contributed by atoms with Crippen molar-refractivity contribution < 1.29 is 14.9 Å². The number of ether oxygens (including phenoxy) is 1. The molecule has 2 rings (SSSR count). The molecule has 0 bridgehead atoms. The Hall–Kier alpha value is -1.92. The largest absolute Gasteiger partial charge is 0.493 e. The highest BCUT2D eigenvalue weighted by atomic mass is 16.5. The number of aliphatic hydroxyl groups excluding tert-OH is 2. The van der Waals surface area contributed by atoms with Crippen molar-refractivity contribution in [3.63, 3.8) is 0 Å². The average molecular weight is 263 g/mol. The number of benzene rings is 1. The fraction of sp³-hybridized carbons (Fsp3) is 0.385. The van der Waals surface area contributed by atoms with Gasteiger partial charge in [-0.05, 0) is 13.0 Å². The first kappa shape index (κ1) is 13.5. The minimum absolute atomic E-state index is 0.161. The van der Waals surface area contributed by atoms with Gasteiger partial charge in [0.2, 0.25) is 0 Å². The van der Waals surface area contributed by atoms with Crippen LogP contribution in [-0.4, -0.2) is 31.8 Å². The van der Waals surface area contributed by atoms with E-state index in [1.165, 1.54) is 4.68 Å². The second kappa shape index (κ2) is 6.31. The number of rotatable bonds is 6. The molecule has 19 heavy (non-hydrogen) atoms. The molecule has 1 aromatic carbocycles. The smallest absolute Gasteiger partial charge is 0.125 e. The second-order valence-electron chi connectivity index (χ2n) is 4.08. The van der Waals surface area contributed by atoms with Gasteiger partial charge in [-0.3, -0.25) is 0 Å². The van der Waals surface area contributed by atoms with Gasteiger partial charge in [-0.2, -0.15) is 0 Å². The zero-order valence-corrected chi connectivity index (χ0v) is 10.7. The molecule has 0 radical (unpaired) electrons. The Morgan fingerprint density at radius 2 is 2.16 bits per heavy atom. The summed E-state index contributed by atoms with van der Waals surface area (Å²) >= 11 is 0. The third kappa shape index (κ3) is 3.30. The van der Waals surface area contributed by atoms with Crippen LogP contribution in [0.3, 0.4) is 0 Å². The Bertz CT molecular complexity index is 527. The van der Waals surface area contributed by atoms with Gasteiger partial charge >= 0.3 is 0 Å². The molecule has 0 amide bonds. The molecule has 0 saturated carbocycles. The van der Waals surface area contributed by atoms with E-state index in [9.17, 15) is 5.11 Å². The highest BCUT2D eigenvalue weighted by Gasteiger charge is 2.14. The molecule has 1 atom stereocenters. The first-order valence-electron chi connectivity index (χ1n) is 6.14. The van der Waals surface area contributed by atoms with Crippen LogP contribution in [0.25, 0.3) is 0 Å². The Morgan fingerprint density at radius 3 is 2.84 bits per heavy atom. The summed E-state index contributed by atoms with van der Waals surface area (Å²) in [6, 6.07) is 7.35. The Kier molecular flexibility index (Phi) is 4.48. The average Bonchev–Trinajstić information content (AvgIpc) is 2.87. The highest BCUT2D eigenvalue weighted by Crippen LogP contribution is 2.25. The van der Waals surface area contributed by atoms with E-state index >= 15 is 0 Å². The molecule has 0 spiro atoms. The van der Waals surface area contributed by atoms with Crippen LogP contribution in [0.4, 0.5) is 0 Å². The number of aromatic nitrogens is 3. The van der Waals surface area contributed by atoms with Gasteiger partial charge in [0, 0.05) is 5.56 Å². The van der Waals surface area contributed by atoms with Gasteiger partial charge in [-0.1, -0.05) is 23.4 Å². The standard InChI is InChI=1S/C13H17N3O3/c1-2-19-13-6-4-3-5-11(13)12(18)8-16-7-10(9-17)14-15-16/h3-7,12,17-18H,2,8-9H2,1H3/t12-/m0/s1. The first-order chi connectivity index (χ1) is 9.24. The van der Waals surface area contributed by atoms with Crippen LogP contribution < -0.4 is 4.74 Å². The van der Waals surface area contributed by atoms with Gasteiger partial charge in [-0.15, -0.1) is 5.10 Å². The summed E-state index contributed by atoms with van der Waals surface area (Å²) in [5, 5.41) is 26.7. The van der Waals surface area contributed by atoms with E-state index in [1.807, 2.05) is 31.2 Å². The van der Waals surface area contributed by atoms with Gasteiger partial charge < -0.3 is 14.9 Å². The molecule has 0 aliphatic heterocycles. The molecule has 102 valence electrons. The van der Waals surface area contributed by atoms with Crippen LogP contribution in [0.5, 0.6) is 5.75 Å². The molecule has 6 heteroatoms. The van der Waals surface area contributed by atoms with E-state index in [2.05, 4.69) is 10.3 Å². The molecule has 2 aromatic rings. The van der Waals surface area contributed by atoms with E-state index in [4.69, 9.17) is 9.84 Å². The minimum atomic E-state index is -0.740. The van der Waals surface area contributed by atoms with Crippen molar-refractivity contribution in [2.45, 2.75) is 26.2 Å². The van der Waals surface area contributed by atoms with E-state index in [0.29, 0.717) is 23.6 Å². The molecule has 0 aliphatic rings. The van der Waals surface area contributed by atoms with E-state index in [1.54, 1.807) is 6.20 Å². The molecule has 1 heterocycles. The number of hydrogen-bond acceptors (Lipinski definition) is 5. The van der Waals surface area contributed by atoms with Crippen LogP contribution >= 0.6 is 0 Å². The van der Waals surface area contributed by atoms with Crippen molar-refractivity contribution >= 4 is 0 Å². The van der Waals surface area contributed by atoms with Crippen molar-refractivity contribution in [3.8, 4) is 5.75 Å². The summed E-state index contributed by atoms with van der Waals surface area (Å²) in [5.41, 5.74) is 1.19. The van der Waals surface area contributed by atoms with Crippen molar-refractivity contribution in [1.82, 2.24) is 15.0 Å². The molecule has 0 fully saturated rings. The maximum absolute atomic E-state index is 10.2. The molecule has 1 aromatic heterocycles. The van der Waals surface area contributed by atoms with Crippen LogP contribution in [-0.2, 0) is 13.2 Å². The number of aliphatic hydroxyl groups is 2. The van der Waals surface area contributed by atoms with Gasteiger partial charge in [0.25, 0.3) is 0 Å². The summed E-state index contributed by atoms with van der Waals surface area (Å²) in [6.07, 6.45) is 0.864. The Morgan fingerprint density at radius 1 is 1.37 bits per heavy atom. The Balaban J connectivity index is 2.12. The summed E-state index contributed by atoms with van der Waals surface area (Å²) in [5.74, 6) is 0.667. The molecule has 0 saturated heterocycles. The fourth-order valence-corrected chi connectivity index (χ4v) is 1.82. The maximum atomic E-state index is 10.2. The lowest BCUT2D eigenvalue weighted by atomic mass is 10.1. The first-order valence-corrected chi connectivity index (χ1v) is 6.14. The monoisotopic (exact) mass is 263 g/mol. The lowest BCUT2D eigenvalue weighted by molar-refractivity contribution is 0.145. The van der Waals surface area contributed by atoms with Crippen LogP contribution in [0.2, 0.25) is 0 Å². The summed E-state index contributed by atoms with van der Waals surface area (Å²) in [6.45, 7) is 2.54. The zero-order chi connectivity index (χ0) is 13.7. The van der Waals surface area contributed by atoms with Gasteiger partial charge in [0.05, 0.1) is 26.0 Å². The summed E-state index contributed by atoms with van der Waals surface area (Å²) in [4.78, 5) is 0. The third-order valence-corrected chi connectivity index (χ3v) is 2.69. The number of nitrogens with zero attached hydrogens (tertiary/aromatic N) is 3. The third-order valence-electron chi connectivity index (χ3n) is 2.69. The molecule has 2 N–H and O–H groups in total. The molecular weight excluding hydrogens is 246 g/mol. The topological polar surface area (TPSA) is 80.4 Å². The quantitative estimate of drug-likeness (QED) is 0.809. The molecule has 0 aliphatic carbocycles. The maximum Gasteiger partial charge on any atom is 0.125 e. The van der Waals surface area contributed by atoms with E-state index < -0.39 is 6.10 Å². The number of hydrogen-bond donors (Lipinski definition) is 2. The predicted molar refractivity (Wildman–Crippen MR) is 68.5 cm³/mol. The van der Waals surface area contributed by atoms with Crippen LogP contribution in [0.15, 0.2) is 30.5 Å².